The number of hydrogen-bond acceptors (Lipinski definition) is 4. The summed E-state index contributed by atoms with van der Waals surface area (Å²) >= 11 is 0. The predicted octanol–water partition coefficient (Wildman–Crippen LogP) is 4.82. The highest BCUT2D eigenvalue weighted by atomic mass is 19.4. The highest BCUT2D eigenvalue weighted by Crippen LogP contribution is 2.32. The Kier molecular flexibility index (Phi) is 4.92. The first kappa shape index (κ1) is 20.5. The van der Waals surface area contributed by atoms with Crippen molar-refractivity contribution in [2.24, 2.45) is 0 Å². The molecule has 31 heavy (non-hydrogen) atoms. The van der Waals surface area contributed by atoms with Gasteiger partial charge in [-0.3, -0.25) is 4.79 Å². The molecule has 0 aliphatic rings. The molecule has 0 aliphatic carbocycles. The molecule has 1 amide bonds. The summed E-state index contributed by atoms with van der Waals surface area (Å²) in [6.07, 6.45) is -4.79. The molecule has 0 aliphatic heterocycles. The molecular formula is C21H15F4N5O. The Morgan fingerprint density at radius 1 is 1.00 bits per heavy atom. The zero-order chi connectivity index (χ0) is 22.3. The highest BCUT2D eigenvalue weighted by molar-refractivity contribution is 6.02. The Bertz CT molecular complexity index is 1300. The zero-order valence-corrected chi connectivity index (χ0v) is 16.3. The Labute approximate surface area is 173 Å². The maximum Gasteiger partial charge on any atom is 0.433 e. The number of carbonyl (C=O) groups is 1. The molecule has 2 aromatic carbocycles. The number of hydrogen-bond donors (Lipinski definition) is 1. The molecule has 4 rings (SSSR count). The number of rotatable bonds is 3. The molecule has 4 aromatic rings. The molecule has 0 saturated carbocycles. The van der Waals surface area contributed by atoms with Gasteiger partial charge < -0.3 is 5.32 Å². The van der Waals surface area contributed by atoms with Crippen molar-refractivity contribution in [2.75, 3.05) is 5.32 Å². The van der Waals surface area contributed by atoms with Crippen LogP contribution in [0.1, 0.15) is 27.4 Å². The van der Waals surface area contributed by atoms with Crippen molar-refractivity contribution in [3.05, 3.63) is 77.0 Å². The first-order chi connectivity index (χ1) is 14.6. The van der Waals surface area contributed by atoms with Crippen LogP contribution in [-0.2, 0) is 6.18 Å². The lowest BCUT2D eigenvalue weighted by molar-refractivity contribution is -0.142. The number of fused-ring (bicyclic) bond motifs is 1. The van der Waals surface area contributed by atoms with E-state index in [0.29, 0.717) is 10.2 Å². The minimum atomic E-state index is -4.79. The lowest BCUT2D eigenvalue weighted by atomic mass is 10.1. The number of benzene rings is 2. The molecular weight excluding hydrogens is 414 g/mol. The molecule has 10 heteroatoms. The second-order valence-corrected chi connectivity index (χ2v) is 6.95. The van der Waals surface area contributed by atoms with Crippen LogP contribution in [0.15, 0.2) is 48.5 Å². The van der Waals surface area contributed by atoms with Gasteiger partial charge in [0.1, 0.15) is 5.82 Å². The van der Waals surface area contributed by atoms with Gasteiger partial charge in [-0.25, -0.2) is 9.37 Å². The summed E-state index contributed by atoms with van der Waals surface area (Å²) in [6, 6.07) is 11.0. The van der Waals surface area contributed by atoms with Crippen molar-refractivity contribution in [3.63, 3.8) is 0 Å². The van der Waals surface area contributed by atoms with Gasteiger partial charge in [0.05, 0.1) is 5.69 Å². The molecule has 0 atom stereocenters. The van der Waals surface area contributed by atoms with E-state index in [4.69, 9.17) is 0 Å². The van der Waals surface area contributed by atoms with E-state index in [1.54, 1.807) is 19.1 Å². The zero-order valence-electron chi connectivity index (χ0n) is 16.3. The van der Waals surface area contributed by atoms with Crippen LogP contribution in [0.5, 0.6) is 0 Å². The summed E-state index contributed by atoms with van der Waals surface area (Å²) in [5.74, 6) is -2.17. The van der Waals surface area contributed by atoms with Gasteiger partial charge in [-0.15, -0.1) is 5.10 Å². The van der Waals surface area contributed by atoms with Gasteiger partial charge >= 0.3 is 6.18 Å². The normalized spacial score (nSPS) is 11.7. The smallest absolute Gasteiger partial charge is 0.319 e. The van der Waals surface area contributed by atoms with E-state index >= 15 is 0 Å². The van der Waals surface area contributed by atoms with E-state index < -0.39 is 35.2 Å². The lowest BCUT2D eigenvalue weighted by Gasteiger charge is -2.10. The summed E-state index contributed by atoms with van der Waals surface area (Å²) in [5, 5.41) is 6.34. The maximum absolute atomic E-state index is 13.7. The molecule has 6 nitrogen and oxygen atoms in total. The number of anilines is 1. The number of nitrogens with one attached hydrogen (secondary N) is 1. The van der Waals surface area contributed by atoms with Gasteiger partial charge in [-0.1, -0.05) is 12.1 Å². The monoisotopic (exact) mass is 429 g/mol. The number of halogens is 4. The fraction of sp³-hybridized carbons (Fsp3) is 0.143. The topological polar surface area (TPSA) is 72.2 Å². The van der Waals surface area contributed by atoms with E-state index in [-0.39, 0.29) is 11.3 Å². The third-order valence-corrected chi connectivity index (χ3v) is 4.59. The number of aryl methyl sites for hydroxylation is 2. The second kappa shape index (κ2) is 7.46. The van der Waals surface area contributed by atoms with Gasteiger partial charge in [0.25, 0.3) is 11.7 Å². The van der Waals surface area contributed by atoms with E-state index in [2.05, 4.69) is 20.4 Å². The fourth-order valence-corrected chi connectivity index (χ4v) is 2.98. The average Bonchev–Trinajstić information content (AvgIpc) is 3.14. The van der Waals surface area contributed by atoms with Gasteiger partial charge in [0.2, 0.25) is 5.82 Å². The minimum absolute atomic E-state index is 0.0753. The van der Waals surface area contributed by atoms with Crippen LogP contribution in [-0.4, -0.2) is 25.5 Å². The Balaban J connectivity index is 1.79. The van der Waals surface area contributed by atoms with Crippen LogP contribution >= 0.6 is 0 Å². The van der Waals surface area contributed by atoms with Gasteiger partial charge in [0, 0.05) is 11.3 Å². The Hall–Kier alpha value is -3.82. The number of amides is 1. The second-order valence-electron chi connectivity index (χ2n) is 6.95. The molecule has 0 unspecified atom stereocenters. The van der Waals surface area contributed by atoms with Gasteiger partial charge in [0.15, 0.2) is 5.69 Å². The summed E-state index contributed by atoms with van der Waals surface area (Å²) < 4.78 is 54.6. The summed E-state index contributed by atoms with van der Waals surface area (Å²) in [5.41, 5.74) is 1.20. The van der Waals surface area contributed by atoms with Crippen molar-refractivity contribution in [3.8, 4) is 11.3 Å². The largest absolute Gasteiger partial charge is 0.433 e. The predicted molar refractivity (Wildman–Crippen MR) is 105 cm³/mol. The summed E-state index contributed by atoms with van der Waals surface area (Å²) in [7, 11) is 0. The summed E-state index contributed by atoms with van der Waals surface area (Å²) in [4.78, 5) is 20.6. The minimum Gasteiger partial charge on any atom is -0.319 e. The third-order valence-electron chi connectivity index (χ3n) is 4.59. The van der Waals surface area contributed by atoms with Crippen molar-refractivity contribution >= 4 is 17.4 Å². The fourth-order valence-electron chi connectivity index (χ4n) is 2.98. The molecule has 0 fully saturated rings. The van der Waals surface area contributed by atoms with Crippen LogP contribution in [0.25, 0.3) is 17.0 Å². The van der Waals surface area contributed by atoms with Crippen LogP contribution < -0.4 is 5.32 Å². The quantitative estimate of drug-likeness (QED) is 0.474. The Morgan fingerprint density at radius 2 is 1.71 bits per heavy atom. The maximum atomic E-state index is 13.7. The van der Waals surface area contributed by atoms with E-state index in [9.17, 15) is 22.4 Å². The van der Waals surface area contributed by atoms with Gasteiger partial charge in [-0.2, -0.15) is 22.7 Å². The van der Waals surface area contributed by atoms with Crippen LogP contribution in [0.3, 0.4) is 0 Å². The van der Waals surface area contributed by atoms with Crippen LogP contribution in [0.2, 0.25) is 0 Å². The molecule has 2 heterocycles. The lowest BCUT2D eigenvalue weighted by Crippen LogP contribution is -2.16. The van der Waals surface area contributed by atoms with Crippen molar-refractivity contribution in [1.82, 2.24) is 19.6 Å². The first-order valence-corrected chi connectivity index (χ1v) is 9.11. The first-order valence-electron chi connectivity index (χ1n) is 9.11. The molecule has 1 N–H and O–H groups in total. The number of aromatic nitrogens is 4. The highest BCUT2D eigenvalue weighted by Gasteiger charge is 2.36. The third kappa shape index (κ3) is 4.09. The van der Waals surface area contributed by atoms with E-state index in [1.165, 1.54) is 12.1 Å². The van der Waals surface area contributed by atoms with Gasteiger partial charge in [-0.05, 0) is 61.4 Å². The molecule has 0 radical (unpaired) electrons. The van der Waals surface area contributed by atoms with Crippen molar-refractivity contribution < 1.29 is 22.4 Å². The standard InChI is InChI=1S/C21H15F4N5O/c1-11-3-4-12(2)15(9-11)26-19(31)18-28-20-27-16(13-5-7-14(22)8-6-13)10-17(21(23,24)25)30(20)29-18/h3-10H,1-2H3,(H,26,31). The molecule has 0 bridgehead atoms. The van der Waals surface area contributed by atoms with E-state index in [0.717, 1.165) is 29.3 Å². The van der Waals surface area contributed by atoms with Crippen LogP contribution in [0, 0.1) is 19.7 Å². The molecule has 0 saturated heterocycles. The molecule has 158 valence electrons. The number of carbonyl (C=O) groups excluding carboxylic acids is 1. The SMILES string of the molecule is Cc1ccc(C)c(NC(=O)c2nc3nc(-c4ccc(F)cc4)cc(C(F)(F)F)n3n2)c1. The molecule has 2 aromatic heterocycles. The van der Waals surface area contributed by atoms with E-state index in [1.807, 2.05) is 13.0 Å². The summed E-state index contributed by atoms with van der Waals surface area (Å²) in [6.45, 7) is 3.62. The average molecular weight is 429 g/mol. The van der Waals surface area contributed by atoms with Crippen molar-refractivity contribution in [1.29, 1.82) is 0 Å². The van der Waals surface area contributed by atoms with Crippen LogP contribution in [0.4, 0.5) is 23.2 Å². The van der Waals surface area contributed by atoms with Crippen molar-refractivity contribution in [2.45, 2.75) is 20.0 Å². The molecule has 0 spiro atoms. The number of alkyl halides is 3. The Morgan fingerprint density at radius 3 is 2.39 bits per heavy atom. The number of nitrogens with zero attached hydrogens (tertiary/aromatic N) is 4.